The Hall–Kier alpha value is -3.42. The number of phenols is 3. The van der Waals surface area contributed by atoms with Crippen LogP contribution < -0.4 is 18.9 Å². The fraction of sp³-hybridized carbons (Fsp3) is 0.487. The first-order valence-corrected chi connectivity index (χ1v) is 19.9. The van der Waals surface area contributed by atoms with Crippen LogP contribution in [0.4, 0.5) is 0 Å². The van der Waals surface area contributed by atoms with Crippen molar-refractivity contribution in [3.63, 3.8) is 0 Å². The van der Waals surface area contributed by atoms with E-state index in [1.54, 1.807) is 16.9 Å². The van der Waals surface area contributed by atoms with Crippen molar-refractivity contribution in [3.05, 3.63) is 64.7 Å². The molecule has 51 heavy (non-hydrogen) atoms. The lowest BCUT2D eigenvalue weighted by molar-refractivity contribution is -0.112. The van der Waals surface area contributed by atoms with E-state index in [-0.39, 0.29) is 65.3 Å². The third-order valence-electron chi connectivity index (χ3n) is 11.7. The molecule has 0 saturated heterocycles. The number of hydrogen-bond acceptors (Lipinski definition) is 12. The lowest BCUT2D eigenvalue weighted by atomic mass is 9.61. The molecule has 1 fully saturated rings. The van der Waals surface area contributed by atoms with Gasteiger partial charge in [-0.15, -0.1) is 0 Å². The van der Waals surface area contributed by atoms with Crippen LogP contribution in [0.3, 0.4) is 0 Å². The fourth-order valence-electron chi connectivity index (χ4n) is 9.47. The van der Waals surface area contributed by atoms with Crippen molar-refractivity contribution in [2.75, 3.05) is 34.0 Å². The Morgan fingerprint density at radius 2 is 1.78 bits per heavy atom. The van der Waals surface area contributed by atoms with Gasteiger partial charge in [-0.05, 0) is 85.3 Å². The highest BCUT2D eigenvalue weighted by Gasteiger charge is 2.59. The quantitative estimate of drug-likeness (QED) is 0.117. The highest BCUT2D eigenvalue weighted by molar-refractivity contribution is 8.77. The molecule has 0 unspecified atom stereocenters. The van der Waals surface area contributed by atoms with Crippen molar-refractivity contribution >= 4 is 21.6 Å². The molecule has 6 N–H and O–H groups in total. The number of allylic oxidation sites excluding steroid dienone is 1. The van der Waals surface area contributed by atoms with Gasteiger partial charge in [0.25, 0.3) is 0 Å². The van der Waals surface area contributed by atoms with Gasteiger partial charge in [0, 0.05) is 45.1 Å². The maximum atomic E-state index is 12.8. The maximum Gasteiger partial charge on any atom is 0.207 e. The van der Waals surface area contributed by atoms with E-state index >= 15 is 0 Å². The van der Waals surface area contributed by atoms with Crippen LogP contribution in [-0.4, -0.2) is 81.3 Å². The van der Waals surface area contributed by atoms with Gasteiger partial charge in [-0.2, -0.15) is 0 Å². The summed E-state index contributed by atoms with van der Waals surface area (Å²) >= 11 is 0. The molecule has 10 nitrogen and oxygen atoms in total. The number of aliphatic hydroxyl groups excluding tert-OH is 3. The van der Waals surface area contributed by atoms with Gasteiger partial charge in [0.15, 0.2) is 17.1 Å². The Morgan fingerprint density at radius 1 is 0.941 bits per heavy atom. The third-order valence-corrected chi connectivity index (χ3v) is 15.0. The molecule has 0 amide bonds. The molecule has 0 spiro atoms. The number of aromatic hydroxyl groups is 3. The third kappa shape index (κ3) is 5.43. The molecule has 3 aliphatic carbocycles. The number of aliphatic hydroxyl groups is 3. The van der Waals surface area contributed by atoms with Gasteiger partial charge in [-0.1, -0.05) is 39.8 Å². The molecule has 8 rings (SSSR count). The highest BCUT2D eigenvalue weighted by atomic mass is 33.1. The zero-order valence-electron chi connectivity index (χ0n) is 28.6. The molecule has 0 radical (unpaired) electrons. The molecule has 2 heterocycles. The van der Waals surface area contributed by atoms with Crippen LogP contribution in [0.5, 0.6) is 40.2 Å². The molecule has 272 valence electrons. The minimum absolute atomic E-state index is 0.0153. The van der Waals surface area contributed by atoms with Crippen LogP contribution in [0.1, 0.15) is 78.5 Å². The summed E-state index contributed by atoms with van der Waals surface area (Å²) in [6.07, 6.45) is 8.20. The number of rotatable bonds is 7. The van der Waals surface area contributed by atoms with Crippen molar-refractivity contribution in [2.24, 2.45) is 5.92 Å². The van der Waals surface area contributed by atoms with Gasteiger partial charge in [0.2, 0.25) is 11.5 Å². The molecule has 0 aromatic heterocycles. The summed E-state index contributed by atoms with van der Waals surface area (Å²) in [5.74, 6) is -0.303. The zero-order chi connectivity index (χ0) is 35.6. The van der Waals surface area contributed by atoms with Crippen LogP contribution in [0.2, 0.25) is 0 Å². The molecule has 1 saturated carbocycles. The minimum Gasteiger partial charge on any atom is -0.508 e. The van der Waals surface area contributed by atoms with Crippen molar-refractivity contribution < 1.29 is 49.6 Å². The first kappa shape index (κ1) is 34.7. The van der Waals surface area contributed by atoms with E-state index in [0.717, 1.165) is 53.5 Å². The van der Waals surface area contributed by atoms with Crippen LogP contribution in [-0.2, 0) is 5.60 Å². The van der Waals surface area contributed by atoms with E-state index in [4.69, 9.17) is 18.9 Å². The lowest BCUT2D eigenvalue weighted by Gasteiger charge is -2.54. The number of phenolic OH excluding ortho intramolecular Hbond substituents is 3. The van der Waals surface area contributed by atoms with Crippen molar-refractivity contribution in [2.45, 2.75) is 78.5 Å². The molecular weight excluding hydrogens is 693 g/mol. The van der Waals surface area contributed by atoms with E-state index in [1.807, 2.05) is 29.0 Å². The van der Waals surface area contributed by atoms with E-state index < -0.39 is 23.5 Å². The predicted molar refractivity (Wildman–Crippen MR) is 196 cm³/mol. The van der Waals surface area contributed by atoms with Gasteiger partial charge in [0.05, 0.1) is 27.4 Å². The van der Waals surface area contributed by atoms with E-state index in [9.17, 15) is 30.6 Å². The zero-order valence-corrected chi connectivity index (χ0v) is 30.2. The minimum atomic E-state index is -1.46. The molecule has 6 bridgehead atoms. The first-order chi connectivity index (χ1) is 24.7. The summed E-state index contributed by atoms with van der Waals surface area (Å²) < 4.78 is 24.2. The fourth-order valence-corrected chi connectivity index (χ4v) is 12.8. The highest BCUT2D eigenvalue weighted by Crippen LogP contribution is 2.66. The van der Waals surface area contributed by atoms with Gasteiger partial charge < -0.3 is 49.6 Å². The Morgan fingerprint density at radius 3 is 2.55 bits per heavy atom. The number of fused-ring (bicyclic) bond motifs is 7. The van der Waals surface area contributed by atoms with E-state index in [2.05, 4.69) is 12.2 Å². The summed E-state index contributed by atoms with van der Waals surface area (Å²) in [5.41, 5.74) is 3.02. The lowest BCUT2D eigenvalue weighted by Crippen LogP contribution is -2.57. The second-order valence-corrected chi connectivity index (χ2v) is 17.0. The number of benzene rings is 3. The van der Waals surface area contributed by atoms with Crippen LogP contribution in [0.15, 0.2) is 42.5 Å². The van der Waals surface area contributed by atoms with Gasteiger partial charge >= 0.3 is 0 Å². The Bertz CT molecular complexity index is 1860. The molecule has 2 aliphatic heterocycles. The summed E-state index contributed by atoms with van der Waals surface area (Å²) in [6.45, 7) is -0.384. The van der Waals surface area contributed by atoms with Crippen molar-refractivity contribution in [1.29, 1.82) is 0 Å². The largest absolute Gasteiger partial charge is 0.508 e. The Labute approximate surface area is 304 Å². The SMILES string of the molecule is COc1cc([C@@]23CC[C@@H]4SS[C@H]5C=CC[C@@H](CC[C@@H]6c7cc(O)ccc7-c7c(OCCO)cc(c(c7[C@@H]6CO)[C@@H]4[C@H]2O)O3)C5)c(O)c(OC)c1O. The van der Waals surface area contributed by atoms with E-state index in [0.29, 0.717) is 35.5 Å². The summed E-state index contributed by atoms with van der Waals surface area (Å²) in [4.78, 5) is 0. The summed E-state index contributed by atoms with van der Waals surface area (Å²) in [7, 11) is 6.38. The second-order valence-electron chi connectivity index (χ2n) is 14.3. The average molecular weight is 737 g/mol. The second kappa shape index (κ2) is 13.5. The van der Waals surface area contributed by atoms with Crippen LogP contribution >= 0.6 is 21.6 Å². The maximum absolute atomic E-state index is 12.8. The van der Waals surface area contributed by atoms with Gasteiger partial charge in [-0.25, -0.2) is 0 Å². The van der Waals surface area contributed by atoms with Crippen LogP contribution in [0, 0.1) is 5.92 Å². The Kier molecular flexibility index (Phi) is 9.19. The predicted octanol–water partition coefficient (Wildman–Crippen LogP) is 6.44. The molecule has 8 atom stereocenters. The summed E-state index contributed by atoms with van der Waals surface area (Å²) in [5, 5.41) is 67.6. The number of methoxy groups -OCH3 is 2. The van der Waals surface area contributed by atoms with Crippen LogP contribution in [0.25, 0.3) is 11.1 Å². The van der Waals surface area contributed by atoms with Crippen molar-refractivity contribution in [1.82, 2.24) is 0 Å². The van der Waals surface area contributed by atoms with Gasteiger partial charge in [-0.3, -0.25) is 0 Å². The molecule has 5 aliphatic rings. The van der Waals surface area contributed by atoms with Crippen molar-refractivity contribution in [3.8, 4) is 51.4 Å². The van der Waals surface area contributed by atoms with Gasteiger partial charge in [0.1, 0.15) is 30.0 Å². The topological polar surface area (TPSA) is 158 Å². The Balaban J connectivity index is 1.42. The smallest absolute Gasteiger partial charge is 0.207 e. The number of ether oxygens (including phenoxy) is 4. The normalized spacial score (nSPS) is 30.3. The molecule has 3 aromatic carbocycles. The molecule has 12 heteroatoms. The monoisotopic (exact) mass is 736 g/mol. The van der Waals surface area contributed by atoms with E-state index in [1.165, 1.54) is 20.3 Å². The molecule has 3 aromatic rings. The number of hydrogen-bond donors (Lipinski definition) is 6. The standard InChI is InChI=1S/C39H44O10S2/c1-46-29-16-26(35(43)37(47-2)36(29)44)39-11-10-30-34(38(39)45)33-28(49-39)17-27(48-13-12-40)31-23-9-7-20(42)15-24(23)22(25(18-41)32(31)33)8-6-19-4-3-5-21(14-19)50-51-30/h3,5,7,9,15-17,19,21-22,25,30,34,38,40-45H,4,6,8,10-14,18H2,1-2H3/t19-,21-,22+,25+,30-,34+,38+,39-/m0/s1. The molecular formula is C39H44O10S2. The average Bonchev–Trinajstić information content (AvgIpc) is 3.13. The first-order valence-electron chi connectivity index (χ1n) is 17.7. The summed E-state index contributed by atoms with van der Waals surface area (Å²) in [6, 6.07) is 8.69.